The Bertz CT molecular complexity index is 1190. The summed E-state index contributed by atoms with van der Waals surface area (Å²) in [6, 6.07) is 12.3. The summed E-state index contributed by atoms with van der Waals surface area (Å²) in [6.45, 7) is 0. The molecule has 0 aliphatic heterocycles. The van der Waals surface area contributed by atoms with Crippen LogP contribution in [0.2, 0.25) is 0 Å². The maximum absolute atomic E-state index is 13.5. The van der Waals surface area contributed by atoms with Crippen molar-refractivity contribution in [3.05, 3.63) is 70.9 Å². The third kappa shape index (κ3) is 3.87. The van der Waals surface area contributed by atoms with E-state index in [1.54, 1.807) is 35.1 Å². The second-order valence-corrected chi connectivity index (χ2v) is 9.44. The molecule has 1 saturated carbocycles. The molecule has 0 amide bonds. The van der Waals surface area contributed by atoms with Crippen molar-refractivity contribution in [2.24, 2.45) is 0 Å². The van der Waals surface area contributed by atoms with Gasteiger partial charge in [-0.1, -0.05) is 37.1 Å². The van der Waals surface area contributed by atoms with Crippen LogP contribution >= 0.6 is 0 Å². The van der Waals surface area contributed by atoms with E-state index in [-0.39, 0.29) is 22.3 Å². The zero-order valence-corrected chi connectivity index (χ0v) is 16.8. The average molecular weight is 412 g/mol. The number of hydrogen-bond donors (Lipinski definition) is 0. The monoisotopic (exact) mass is 412 g/mol. The fraction of sp³-hybridized carbons (Fsp3) is 0.273. The van der Waals surface area contributed by atoms with E-state index < -0.39 is 9.84 Å². The second-order valence-electron chi connectivity index (χ2n) is 7.42. The summed E-state index contributed by atoms with van der Waals surface area (Å²) in [5, 5.41) is 4.42. The molecule has 4 rings (SSSR count). The maximum Gasteiger partial charge on any atom is 0.275 e. The Morgan fingerprint density at radius 2 is 1.55 bits per heavy atom. The molecule has 0 spiro atoms. The van der Waals surface area contributed by atoms with Crippen molar-refractivity contribution in [2.45, 2.75) is 36.6 Å². The van der Waals surface area contributed by atoms with Gasteiger partial charge in [0.1, 0.15) is 5.82 Å². The van der Waals surface area contributed by atoms with E-state index in [1.165, 1.54) is 24.3 Å². The summed E-state index contributed by atoms with van der Waals surface area (Å²) in [6.07, 6.45) is 6.76. The summed E-state index contributed by atoms with van der Waals surface area (Å²) >= 11 is 0. The topological polar surface area (TPSA) is 69.0 Å². The van der Waals surface area contributed by atoms with Crippen LogP contribution in [0.5, 0.6) is 0 Å². The molecule has 0 unspecified atom stereocenters. The first-order valence-electron chi connectivity index (χ1n) is 9.53. The van der Waals surface area contributed by atoms with Crippen molar-refractivity contribution < 1.29 is 12.8 Å². The standard InChI is InChI=1S/C22H21FN2O3S/c1-29(27,28)19-12-8-15(9-13-19)20-14-24-25(18-4-2-3-5-18)22(26)21(20)16-6-10-17(23)11-7-16/h6-14,18H,2-5H2,1H3. The lowest BCUT2D eigenvalue weighted by molar-refractivity contribution is 0.445. The lowest BCUT2D eigenvalue weighted by Crippen LogP contribution is -2.27. The molecule has 7 heteroatoms. The van der Waals surface area contributed by atoms with Gasteiger partial charge < -0.3 is 0 Å². The fourth-order valence-corrected chi connectivity index (χ4v) is 4.50. The normalized spacial score (nSPS) is 15.0. The van der Waals surface area contributed by atoms with E-state index in [2.05, 4.69) is 5.10 Å². The molecule has 29 heavy (non-hydrogen) atoms. The van der Waals surface area contributed by atoms with Gasteiger partial charge in [0.15, 0.2) is 9.84 Å². The van der Waals surface area contributed by atoms with Gasteiger partial charge >= 0.3 is 0 Å². The molecule has 1 aliphatic rings. The van der Waals surface area contributed by atoms with Gasteiger partial charge in [-0.25, -0.2) is 17.5 Å². The molecule has 0 bridgehead atoms. The molecule has 0 atom stereocenters. The fourth-order valence-electron chi connectivity index (χ4n) is 3.87. The largest absolute Gasteiger partial charge is 0.275 e. The van der Waals surface area contributed by atoms with Crippen LogP contribution in [0.1, 0.15) is 31.7 Å². The van der Waals surface area contributed by atoms with Gasteiger partial charge in [0.25, 0.3) is 5.56 Å². The number of sulfone groups is 1. The quantitative estimate of drug-likeness (QED) is 0.643. The van der Waals surface area contributed by atoms with Gasteiger partial charge in [0.2, 0.25) is 0 Å². The van der Waals surface area contributed by atoms with Crippen molar-refractivity contribution in [2.75, 3.05) is 6.26 Å². The minimum Gasteiger partial charge on any atom is -0.267 e. The number of benzene rings is 2. The Labute approximate surface area is 168 Å². The van der Waals surface area contributed by atoms with E-state index in [9.17, 15) is 17.6 Å². The number of aromatic nitrogens is 2. The first-order valence-corrected chi connectivity index (χ1v) is 11.4. The van der Waals surface area contributed by atoms with E-state index in [1.807, 2.05) is 0 Å². The molecule has 0 saturated heterocycles. The summed E-state index contributed by atoms with van der Waals surface area (Å²) in [5.74, 6) is -0.377. The minimum absolute atomic E-state index is 0.0726. The highest BCUT2D eigenvalue weighted by Crippen LogP contribution is 2.32. The van der Waals surface area contributed by atoms with Crippen molar-refractivity contribution >= 4 is 9.84 Å². The van der Waals surface area contributed by atoms with Crippen molar-refractivity contribution in [3.63, 3.8) is 0 Å². The second kappa shape index (κ2) is 7.55. The van der Waals surface area contributed by atoms with E-state index in [4.69, 9.17) is 0 Å². The molecule has 5 nitrogen and oxygen atoms in total. The highest BCUT2D eigenvalue weighted by molar-refractivity contribution is 7.90. The van der Waals surface area contributed by atoms with Crippen LogP contribution in [0.4, 0.5) is 4.39 Å². The molecule has 1 heterocycles. The maximum atomic E-state index is 13.5. The third-order valence-electron chi connectivity index (χ3n) is 5.40. The molecule has 0 N–H and O–H groups in total. The highest BCUT2D eigenvalue weighted by Gasteiger charge is 2.23. The van der Waals surface area contributed by atoms with Gasteiger partial charge in [-0.05, 0) is 48.2 Å². The predicted molar refractivity (Wildman–Crippen MR) is 110 cm³/mol. The average Bonchev–Trinajstić information content (AvgIpc) is 3.22. The Morgan fingerprint density at radius 1 is 0.966 bits per heavy atom. The Morgan fingerprint density at radius 3 is 2.14 bits per heavy atom. The van der Waals surface area contributed by atoms with Gasteiger partial charge in [0.05, 0.1) is 22.7 Å². The molecule has 1 aromatic heterocycles. The van der Waals surface area contributed by atoms with Crippen molar-refractivity contribution in [3.8, 4) is 22.3 Å². The van der Waals surface area contributed by atoms with Crippen LogP contribution in [0, 0.1) is 5.82 Å². The summed E-state index contributed by atoms with van der Waals surface area (Å²) in [7, 11) is -3.32. The van der Waals surface area contributed by atoms with Crippen molar-refractivity contribution in [1.82, 2.24) is 9.78 Å². The Kier molecular flexibility index (Phi) is 5.08. The molecule has 150 valence electrons. The summed E-state index contributed by atoms with van der Waals surface area (Å²) in [5.41, 5.74) is 2.11. The number of halogens is 1. The van der Waals surface area contributed by atoms with Gasteiger partial charge in [-0.15, -0.1) is 0 Å². The van der Waals surface area contributed by atoms with E-state index in [0.717, 1.165) is 31.9 Å². The highest BCUT2D eigenvalue weighted by atomic mass is 32.2. The predicted octanol–water partition coefficient (Wildman–Crippen LogP) is 4.24. The first kappa shape index (κ1) is 19.5. The number of rotatable bonds is 4. The summed E-state index contributed by atoms with van der Waals surface area (Å²) in [4.78, 5) is 13.6. The first-order chi connectivity index (χ1) is 13.8. The SMILES string of the molecule is CS(=O)(=O)c1ccc(-c2cnn(C3CCCC3)c(=O)c2-c2ccc(F)cc2)cc1. The lowest BCUT2D eigenvalue weighted by atomic mass is 9.97. The van der Waals surface area contributed by atoms with Gasteiger partial charge in [-0.3, -0.25) is 4.79 Å². The minimum atomic E-state index is -3.32. The zero-order valence-electron chi connectivity index (χ0n) is 16.0. The summed E-state index contributed by atoms with van der Waals surface area (Å²) < 4.78 is 38.5. The Hall–Kier alpha value is -2.80. The molecular formula is C22H21FN2O3S. The van der Waals surface area contributed by atoms with Gasteiger partial charge in [0, 0.05) is 11.8 Å². The van der Waals surface area contributed by atoms with Crippen LogP contribution in [-0.2, 0) is 9.84 Å². The zero-order chi connectivity index (χ0) is 20.6. The Balaban J connectivity index is 1.90. The number of hydrogen-bond acceptors (Lipinski definition) is 4. The molecule has 0 radical (unpaired) electrons. The smallest absolute Gasteiger partial charge is 0.267 e. The van der Waals surface area contributed by atoms with Crippen LogP contribution in [0.25, 0.3) is 22.3 Å². The van der Waals surface area contributed by atoms with Crippen LogP contribution < -0.4 is 5.56 Å². The molecule has 1 fully saturated rings. The van der Waals surface area contributed by atoms with Crippen LogP contribution in [0.15, 0.2) is 64.4 Å². The van der Waals surface area contributed by atoms with E-state index in [0.29, 0.717) is 22.3 Å². The van der Waals surface area contributed by atoms with Gasteiger partial charge in [-0.2, -0.15) is 5.10 Å². The molecular weight excluding hydrogens is 391 g/mol. The van der Waals surface area contributed by atoms with Crippen LogP contribution in [0.3, 0.4) is 0 Å². The molecule has 2 aromatic carbocycles. The molecule has 3 aromatic rings. The molecule has 1 aliphatic carbocycles. The number of nitrogens with zero attached hydrogens (tertiary/aromatic N) is 2. The van der Waals surface area contributed by atoms with E-state index >= 15 is 0 Å². The lowest BCUT2D eigenvalue weighted by Gasteiger charge is -2.16. The van der Waals surface area contributed by atoms with Crippen molar-refractivity contribution in [1.29, 1.82) is 0 Å². The van der Waals surface area contributed by atoms with Crippen LogP contribution in [-0.4, -0.2) is 24.5 Å². The third-order valence-corrected chi connectivity index (χ3v) is 6.53.